The second kappa shape index (κ2) is 9.20. The van der Waals surface area contributed by atoms with Crippen LogP contribution in [-0.2, 0) is 10.3 Å². The SMILES string of the molecule is COc1ncc(C2CCOCC2)c2sc(NC(=O)N3CCC(O)(c4cccnc4)CC3)nc12. The molecule has 0 aromatic carbocycles. The minimum Gasteiger partial charge on any atom is -0.479 e. The normalized spacial score (nSPS) is 18.9. The second-order valence-electron chi connectivity index (χ2n) is 8.50. The van der Waals surface area contributed by atoms with Crippen LogP contribution in [0.5, 0.6) is 5.88 Å². The van der Waals surface area contributed by atoms with Crippen molar-refractivity contribution in [1.82, 2.24) is 19.9 Å². The number of urea groups is 1. The van der Waals surface area contributed by atoms with E-state index in [1.54, 1.807) is 24.4 Å². The first-order valence-electron chi connectivity index (χ1n) is 11.2. The molecule has 0 aliphatic carbocycles. The lowest BCUT2D eigenvalue weighted by Gasteiger charge is -2.38. The molecule has 3 aromatic rings. The molecule has 0 unspecified atom stereocenters. The molecular weight excluding hydrogens is 442 g/mol. The Balaban J connectivity index is 1.31. The van der Waals surface area contributed by atoms with Gasteiger partial charge in [0.2, 0.25) is 5.88 Å². The quantitative estimate of drug-likeness (QED) is 0.602. The van der Waals surface area contributed by atoms with Crippen LogP contribution in [0.25, 0.3) is 10.2 Å². The number of hydrogen-bond donors (Lipinski definition) is 2. The second-order valence-corrected chi connectivity index (χ2v) is 9.50. The summed E-state index contributed by atoms with van der Waals surface area (Å²) < 4.78 is 11.9. The zero-order chi connectivity index (χ0) is 22.8. The first-order valence-corrected chi connectivity index (χ1v) is 12.0. The number of ether oxygens (including phenoxy) is 2. The van der Waals surface area contributed by atoms with E-state index in [1.807, 2.05) is 18.3 Å². The van der Waals surface area contributed by atoms with Crippen molar-refractivity contribution in [1.29, 1.82) is 0 Å². The molecule has 5 heterocycles. The number of carbonyl (C=O) groups is 1. The topological polar surface area (TPSA) is 110 Å². The van der Waals surface area contributed by atoms with Crippen molar-refractivity contribution in [2.75, 3.05) is 38.7 Å². The van der Waals surface area contributed by atoms with Crippen LogP contribution < -0.4 is 10.1 Å². The van der Waals surface area contributed by atoms with E-state index in [1.165, 1.54) is 11.3 Å². The molecular formula is C23H27N5O4S. The molecule has 2 aliphatic heterocycles. The third-order valence-corrected chi connectivity index (χ3v) is 7.58. The minimum atomic E-state index is -0.960. The Labute approximate surface area is 195 Å². The molecule has 3 aromatic heterocycles. The van der Waals surface area contributed by atoms with Crippen molar-refractivity contribution in [2.24, 2.45) is 0 Å². The number of fused-ring (bicyclic) bond motifs is 1. The number of aromatic nitrogens is 3. The van der Waals surface area contributed by atoms with Gasteiger partial charge in [0, 0.05) is 50.5 Å². The van der Waals surface area contributed by atoms with E-state index in [4.69, 9.17) is 9.47 Å². The number of hydrogen-bond acceptors (Lipinski definition) is 8. The molecule has 33 heavy (non-hydrogen) atoms. The average molecular weight is 470 g/mol. The molecule has 0 bridgehead atoms. The van der Waals surface area contributed by atoms with Crippen molar-refractivity contribution in [2.45, 2.75) is 37.2 Å². The summed E-state index contributed by atoms with van der Waals surface area (Å²) in [5.41, 5.74) is 1.63. The molecule has 2 aliphatic rings. The van der Waals surface area contributed by atoms with Gasteiger partial charge in [-0.3, -0.25) is 10.3 Å². The Morgan fingerprint density at radius 2 is 2.09 bits per heavy atom. The first-order chi connectivity index (χ1) is 16.1. The van der Waals surface area contributed by atoms with Crippen LogP contribution in [0.1, 0.15) is 42.7 Å². The van der Waals surface area contributed by atoms with Gasteiger partial charge >= 0.3 is 6.03 Å². The van der Waals surface area contributed by atoms with Crippen molar-refractivity contribution in [3.63, 3.8) is 0 Å². The summed E-state index contributed by atoms with van der Waals surface area (Å²) in [6.07, 6.45) is 8.03. The maximum atomic E-state index is 13.0. The van der Waals surface area contributed by atoms with Gasteiger partial charge in [-0.1, -0.05) is 17.4 Å². The largest absolute Gasteiger partial charge is 0.479 e. The van der Waals surface area contributed by atoms with Crippen LogP contribution in [0.4, 0.5) is 9.93 Å². The van der Waals surface area contributed by atoms with Crippen molar-refractivity contribution >= 4 is 32.7 Å². The Hall–Kier alpha value is -2.82. The molecule has 9 nitrogen and oxygen atoms in total. The van der Waals surface area contributed by atoms with E-state index in [0.29, 0.717) is 48.4 Å². The summed E-state index contributed by atoms with van der Waals surface area (Å²) >= 11 is 1.45. The van der Waals surface area contributed by atoms with Crippen molar-refractivity contribution in [3.8, 4) is 5.88 Å². The molecule has 2 amide bonds. The molecule has 2 N–H and O–H groups in total. The van der Waals surface area contributed by atoms with E-state index in [9.17, 15) is 9.90 Å². The fraction of sp³-hybridized carbons (Fsp3) is 0.478. The number of pyridine rings is 2. The Bertz CT molecular complexity index is 1120. The first kappa shape index (κ1) is 22.0. The lowest BCUT2D eigenvalue weighted by Crippen LogP contribution is -2.46. The Morgan fingerprint density at radius 1 is 1.30 bits per heavy atom. The summed E-state index contributed by atoms with van der Waals surface area (Å²) in [5.74, 6) is 0.813. The maximum Gasteiger partial charge on any atom is 0.323 e. The summed E-state index contributed by atoms with van der Waals surface area (Å²) in [6.45, 7) is 2.36. The summed E-state index contributed by atoms with van der Waals surface area (Å²) in [5, 5.41) is 14.5. The van der Waals surface area contributed by atoms with Gasteiger partial charge in [0.05, 0.1) is 17.4 Å². The van der Waals surface area contributed by atoms with Gasteiger partial charge in [-0.15, -0.1) is 0 Å². The minimum absolute atomic E-state index is 0.221. The molecule has 0 saturated carbocycles. The van der Waals surface area contributed by atoms with Gasteiger partial charge in [-0.25, -0.2) is 14.8 Å². The van der Waals surface area contributed by atoms with Crippen LogP contribution in [0.3, 0.4) is 0 Å². The number of nitrogens with one attached hydrogen (secondary N) is 1. The van der Waals surface area contributed by atoms with Crippen LogP contribution in [0, 0.1) is 0 Å². The molecule has 2 saturated heterocycles. The molecule has 0 radical (unpaired) electrons. The van der Waals surface area contributed by atoms with Crippen LogP contribution >= 0.6 is 11.3 Å². The third-order valence-electron chi connectivity index (χ3n) is 6.56. The van der Waals surface area contributed by atoms with Gasteiger partial charge in [0.15, 0.2) is 5.13 Å². The van der Waals surface area contributed by atoms with Gasteiger partial charge in [0.25, 0.3) is 0 Å². The molecule has 0 atom stereocenters. The predicted molar refractivity (Wildman–Crippen MR) is 125 cm³/mol. The maximum absolute atomic E-state index is 13.0. The van der Waals surface area contributed by atoms with Crippen molar-refractivity contribution < 1.29 is 19.4 Å². The predicted octanol–water partition coefficient (Wildman–Crippen LogP) is 3.50. The molecule has 5 rings (SSSR count). The molecule has 2 fully saturated rings. The Morgan fingerprint density at radius 3 is 2.79 bits per heavy atom. The third kappa shape index (κ3) is 4.38. The number of piperidine rings is 1. The van der Waals surface area contributed by atoms with E-state index < -0.39 is 5.60 Å². The number of rotatable bonds is 4. The van der Waals surface area contributed by atoms with Crippen molar-refractivity contribution in [3.05, 3.63) is 41.9 Å². The fourth-order valence-corrected chi connectivity index (χ4v) is 5.62. The standard InChI is InChI=1S/C23H27N5O4S/c1-31-20-18-19(17(14-25-20)15-4-11-32-12-5-15)33-21(26-18)27-22(29)28-9-6-23(30,7-10-28)16-3-2-8-24-13-16/h2-3,8,13-15,30H,4-7,9-12H2,1H3,(H,26,27,29). The lowest BCUT2D eigenvalue weighted by molar-refractivity contribution is -0.0159. The number of thiazole rings is 1. The summed E-state index contributed by atoms with van der Waals surface area (Å²) in [4.78, 5) is 27.9. The highest BCUT2D eigenvalue weighted by molar-refractivity contribution is 7.22. The monoisotopic (exact) mass is 469 g/mol. The lowest BCUT2D eigenvalue weighted by atomic mass is 9.85. The number of likely N-dealkylation sites (tertiary alicyclic amines) is 1. The van der Waals surface area contributed by atoms with Crippen LogP contribution in [-0.4, -0.2) is 64.4 Å². The van der Waals surface area contributed by atoms with Gasteiger partial charge in [-0.2, -0.15) is 0 Å². The van der Waals surface area contributed by atoms with Gasteiger partial charge in [-0.05, 0) is 43.2 Å². The highest BCUT2D eigenvalue weighted by Crippen LogP contribution is 2.40. The van der Waals surface area contributed by atoms with Crippen LogP contribution in [0.2, 0.25) is 0 Å². The van der Waals surface area contributed by atoms with E-state index >= 15 is 0 Å². The number of carbonyl (C=O) groups excluding carboxylic acids is 1. The van der Waals surface area contributed by atoms with Crippen LogP contribution in [0.15, 0.2) is 30.7 Å². The Kier molecular flexibility index (Phi) is 6.13. The fourth-order valence-electron chi connectivity index (χ4n) is 4.59. The molecule has 0 spiro atoms. The highest BCUT2D eigenvalue weighted by Gasteiger charge is 2.36. The molecule has 10 heteroatoms. The number of amides is 2. The average Bonchev–Trinajstić information content (AvgIpc) is 3.28. The summed E-state index contributed by atoms with van der Waals surface area (Å²) in [6, 6.07) is 3.47. The smallest absolute Gasteiger partial charge is 0.323 e. The van der Waals surface area contributed by atoms with Gasteiger partial charge in [0.1, 0.15) is 5.52 Å². The molecule has 174 valence electrons. The van der Waals surface area contributed by atoms with E-state index in [0.717, 1.165) is 41.9 Å². The number of methoxy groups -OCH3 is 1. The highest BCUT2D eigenvalue weighted by atomic mass is 32.1. The summed E-state index contributed by atoms with van der Waals surface area (Å²) in [7, 11) is 1.57. The zero-order valence-corrected chi connectivity index (χ0v) is 19.3. The van der Waals surface area contributed by atoms with E-state index in [-0.39, 0.29) is 6.03 Å². The van der Waals surface area contributed by atoms with E-state index in [2.05, 4.69) is 20.3 Å². The number of anilines is 1. The zero-order valence-electron chi connectivity index (χ0n) is 18.5. The number of aliphatic hydroxyl groups is 1. The number of nitrogens with zero attached hydrogens (tertiary/aromatic N) is 4. The van der Waals surface area contributed by atoms with Gasteiger partial charge < -0.3 is 19.5 Å².